The molecule has 5 heteroatoms. The first-order valence-electron chi connectivity index (χ1n) is 4.94. The highest BCUT2D eigenvalue weighted by Gasteiger charge is 2.01. The molecule has 1 rings (SSSR count). The number of aromatic amines is 1. The Balaban J connectivity index is 2.09. The van der Waals surface area contributed by atoms with Crippen LogP contribution >= 0.6 is 0 Å². The normalized spacial score (nSPS) is 10.1. The van der Waals surface area contributed by atoms with Crippen LogP contribution in [-0.2, 0) is 11.3 Å². The van der Waals surface area contributed by atoms with Gasteiger partial charge in [-0.3, -0.25) is 9.89 Å². The number of amides is 1. The minimum atomic E-state index is 0.0786. The molecule has 1 amide bonds. The fraction of sp³-hybridized carbons (Fsp3) is 0.667. The van der Waals surface area contributed by atoms with Crippen LogP contribution in [-0.4, -0.2) is 21.1 Å². The van der Waals surface area contributed by atoms with E-state index in [0.717, 1.165) is 19.3 Å². The van der Waals surface area contributed by atoms with Gasteiger partial charge in [-0.2, -0.15) is 5.10 Å². The van der Waals surface area contributed by atoms with Crippen molar-refractivity contribution in [3.63, 3.8) is 0 Å². The molecule has 0 aliphatic heterocycles. The third-order valence-electron chi connectivity index (χ3n) is 1.93. The summed E-state index contributed by atoms with van der Waals surface area (Å²) >= 11 is 0. The molecule has 78 valence electrons. The van der Waals surface area contributed by atoms with Gasteiger partial charge in [0.1, 0.15) is 12.2 Å². The Bertz CT molecular complexity index is 258. The predicted octanol–water partition coefficient (Wildman–Crippen LogP) is 1.00. The second kappa shape index (κ2) is 6.12. The number of carbonyl (C=O) groups is 1. The smallest absolute Gasteiger partial charge is 0.220 e. The number of aromatic nitrogens is 3. The summed E-state index contributed by atoms with van der Waals surface area (Å²) in [5.74, 6) is 0.767. The SMILES string of the molecule is CCCCCC(=O)NCc1ncn[nH]1. The zero-order chi connectivity index (χ0) is 10.2. The molecule has 0 saturated carbocycles. The van der Waals surface area contributed by atoms with Crippen molar-refractivity contribution in [2.24, 2.45) is 0 Å². The maximum Gasteiger partial charge on any atom is 0.220 e. The standard InChI is InChI=1S/C9H16N4O/c1-2-3-4-5-9(14)10-6-8-11-7-12-13-8/h7H,2-6H2,1H3,(H,10,14)(H,11,12,13). The van der Waals surface area contributed by atoms with E-state index < -0.39 is 0 Å². The van der Waals surface area contributed by atoms with E-state index in [2.05, 4.69) is 27.4 Å². The van der Waals surface area contributed by atoms with Gasteiger partial charge in [0.25, 0.3) is 0 Å². The molecule has 2 N–H and O–H groups in total. The highest BCUT2D eigenvalue weighted by atomic mass is 16.1. The van der Waals surface area contributed by atoms with Crippen LogP contribution in [0.1, 0.15) is 38.4 Å². The van der Waals surface area contributed by atoms with Crippen LogP contribution in [0.3, 0.4) is 0 Å². The zero-order valence-electron chi connectivity index (χ0n) is 8.42. The molecule has 0 atom stereocenters. The van der Waals surface area contributed by atoms with Gasteiger partial charge in [0, 0.05) is 6.42 Å². The Morgan fingerprint density at radius 2 is 2.43 bits per heavy atom. The van der Waals surface area contributed by atoms with Gasteiger partial charge in [-0.25, -0.2) is 4.98 Å². The van der Waals surface area contributed by atoms with Gasteiger partial charge in [-0.1, -0.05) is 19.8 Å². The van der Waals surface area contributed by atoms with Crippen molar-refractivity contribution in [2.45, 2.75) is 39.2 Å². The number of rotatable bonds is 6. The molecule has 0 spiro atoms. The maximum atomic E-state index is 11.2. The third-order valence-corrected chi connectivity index (χ3v) is 1.93. The van der Waals surface area contributed by atoms with Crippen LogP contribution in [0.5, 0.6) is 0 Å². The molecule has 0 saturated heterocycles. The van der Waals surface area contributed by atoms with Gasteiger partial charge in [0.15, 0.2) is 0 Å². The van der Waals surface area contributed by atoms with E-state index in [9.17, 15) is 4.79 Å². The molecule has 0 aliphatic rings. The van der Waals surface area contributed by atoms with E-state index >= 15 is 0 Å². The monoisotopic (exact) mass is 196 g/mol. The van der Waals surface area contributed by atoms with Crippen molar-refractivity contribution in [3.8, 4) is 0 Å². The largest absolute Gasteiger partial charge is 0.349 e. The summed E-state index contributed by atoms with van der Waals surface area (Å²) in [4.78, 5) is 15.1. The third kappa shape index (κ3) is 4.02. The average Bonchev–Trinajstić information content (AvgIpc) is 2.68. The second-order valence-electron chi connectivity index (χ2n) is 3.17. The lowest BCUT2D eigenvalue weighted by atomic mass is 10.2. The van der Waals surface area contributed by atoms with Gasteiger partial charge < -0.3 is 5.32 Å². The second-order valence-corrected chi connectivity index (χ2v) is 3.17. The maximum absolute atomic E-state index is 11.2. The lowest BCUT2D eigenvalue weighted by Gasteiger charge is -2.01. The zero-order valence-corrected chi connectivity index (χ0v) is 8.42. The van der Waals surface area contributed by atoms with E-state index in [0.29, 0.717) is 18.8 Å². The van der Waals surface area contributed by atoms with Crippen LogP contribution in [0.4, 0.5) is 0 Å². The summed E-state index contributed by atoms with van der Waals surface area (Å²) in [7, 11) is 0. The van der Waals surface area contributed by atoms with Crippen LogP contribution in [0, 0.1) is 0 Å². The summed E-state index contributed by atoms with van der Waals surface area (Å²) in [5, 5.41) is 9.14. The summed E-state index contributed by atoms with van der Waals surface area (Å²) in [6, 6.07) is 0. The molecular formula is C9H16N4O. The number of nitrogens with one attached hydrogen (secondary N) is 2. The van der Waals surface area contributed by atoms with E-state index in [1.807, 2.05) is 0 Å². The van der Waals surface area contributed by atoms with Crippen molar-refractivity contribution in [2.75, 3.05) is 0 Å². The molecule has 0 aliphatic carbocycles. The number of carbonyl (C=O) groups excluding carboxylic acids is 1. The highest BCUT2D eigenvalue weighted by Crippen LogP contribution is 1.98. The van der Waals surface area contributed by atoms with Crippen molar-refractivity contribution < 1.29 is 4.79 Å². The number of hydrogen-bond donors (Lipinski definition) is 2. The number of unbranched alkanes of at least 4 members (excludes halogenated alkanes) is 2. The first-order chi connectivity index (χ1) is 6.83. The van der Waals surface area contributed by atoms with Crippen LogP contribution in [0.25, 0.3) is 0 Å². The summed E-state index contributed by atoms with van der Waals surface area (Å²) in [6.07, 6.45) is 5.23. The topological polar surface area (TPSA) is 70.7 Å². The van der Waals surface area contributed by atoms with Gasteiger partial charge in [-0.15, -0.1) is 0 Å². The summed E-state index contributed by atoms with van der Waals surface area (Å²) in [5.41, 5.74) is 0. The Morgan fingerprint density at radius 1 is 1.57 bits per heavy atom. The van der Waals surface area contributed by atoms with E-state index in [1.54, 1.807) is 0 Å². The Kier molecular flexibility index (Phi) is 4.68. The average molecular weight is 196 g/mol. The summed E-state index contributed by atoms with van der Waals surface area (Å²) < 4.78 is 0. The Labute approximate surface area is 83.3 Å². The lowest BCUT2D eigenvalue weighted by molar-refractivity contribution is -0.121. The van der Waals surface area contributed by atoms with Crippen molar-refractivity contribution in [1.82, 2.24) is 20.5 Å². The first-order valence-corrected chi connectivity index (χ1v) is 4.94. The number of H-pyrrole nitrogens is 1. The van der Waals surface area contributed by atoms with Gasteiger partial charge >= 0.3 is 0 Å². The molecule has 0 radical (unpaired) electrons. The molecule has 1 aromatic rings. The molecular weight excluding hydrogens is 180 g/mol. The van der Waals surface area contributed by atoms with Crippen molar-refractivity contribution in [1.29, 1.82) is 0 Å². The fourth-order valence-electron chi connectivity index (χ4n) is 1.12. The minimum Gasteiger partial charge on any atom is -0.349 e. The van der Waals surface area contributed by atoms with Crippen molar-refractivity contribution >= 4 is 5.91 Å². The van der Waals surface area contributed by atoms with Crippen molar-refractivity contribution in [3.05, 3.63) is 12.2 Å². The molecule has 1 aromatic heterocycles. The Morgan fingerprint density at radius 3 is 3.07 bits per heavy atom. The number of nitrogens with zero attached hydrogens (tertiary/aromatic N) is 2. The van der Waals surface area contributed by atoms with E-state index in [-0.39, 0.29) is 5.91 Å². The molecule has 14 heavy (non-hydrogen) atoms. The van der Waals surface area contributed by atoms with Gasteiger partial charge in [-0.05, 0) is 6.42 Å². The molecule has 0 bridgehead atoms. The van der Waals surface area contributed by atoms with Crippen LogP contribution < -0.4 is 5.32 Å². The van der Waals surface area contributed by atoms with Gasteiger partial charge in [0.2, 0.25) is 5.91 Å². The minimum absolute atomic E-state index is 0.0786. The first kappa shape index (κ1) is 10.7. The quantitative estimate of drug-likeness (QED) is 0.667. The lowest BCUT2D eigenvalue weighted by Crippen LogP contribution is -2.22. The van der Waals surface area contributed by atoms with Crippen LogP contribution in [0.15, 0.2) is 6.33 Å². The molecule has 5 nitrogen and oxygen atoms in total. The Hall–Kier alpha value is -1.39. The predicted molar refractivity (Wildman–Crippen MR) is 52.4 cm³/mol. The highest BCUT2D eigenvalue weighted by molar-refractivity contribution is 5.75. The van der Waals surface area contributed by atoms with E-state index in [1.165, 1.54) is 6.33 Å². The summed E-state index contributed by atoms with van der Waals surface area (Å²) in [6.45, 7) is 2.55. The molecule has 1 heterocycles. The fourth-order valence-corrected chi connectivity index (χ4v) is 1.12. The molecule has 0 unspecified atom stereocenters. The van der Waals surface area contributed by atoms with Gasteiger partial charge in [0.05, 0.1) is 6.54 Å². The van der Waals surface area contributed by atoms with Crippen LogP contribution in [0.2, 0.25) is 0 Å². The molecule has 0 fully saturated rings. The number of hydrogen-bond acceptors (Lipinski definition) is 3. The van der Waals surface area contributed by atoms with E-state index in [4.69, 9.17) is 0 Å². The molecule has 0 aromatic carbocycles.